The summed E-state index contributed by atoms with van der Waals surface area (Å²) in [6.07, 6.45) is 1.98. The van der Waals surface area contributed by atoms with E-state index < -0.39 is 0 Å². The first-order valence-electron chi connectivity index (χ1n) is 3.80. The number of hydrogen-bond donors (Lipinski definition) is 1. The van der Waals surface area contributed by atoms with Gasteiger partial charge in [0.05, 0.1) is 0 Å². The van der Waals surface area contributed by atoms with Gasteiger partial charge in [-0.05, 0) is 19.4 Å². The molecular weight excluding hydrogens is 150 g/mol. The van der Waals surface area contributed by atoms with Crippen LogP contribution in [0.15, 0.2) is 0 Å². The molecule has 1 aliphatic rings. The fraction of sp³-hybridized carbons (Fsp3) is 1.00. The van der Waals surface area contributed by atoms with Gasteiger partial charge >= 0.3 is 0 Å². The molecule has 0 aliphatic carbocycles. The lowest BCUT2D eigenvalue weighted by Crippen LogP contribution is -2.22. The highest BCUT2D eigenvalue weighted by Gasteiger charge is 2.18. The molecule has 0 aromatic heterocycles. The maximum Gasteiger partial charge on any atom is 0.0475 e. The summed E-state index contributed by atoms with van der Waals surface area (Å²) in [7, 11) is 0. The van der Waals surface area contributed by atoms with E-state index >= 15 is 0 Å². The summed E-state index contributed by atoms with van der Waals surface area (Å²) in [6, 6.07) is 0. The van der Waals surface area contributed by atoms with Crippen molar-refractivity contribution in [2.75, 3.05) is 26.2 Å². The summed E-state index contributed by atoms with van der Waals surface area (Å²) >= 11 is 5.88. The van der Waals surface area contributed by atoms with Crippen LogP contribution in [-0.2, 0) is 0 Å². The van der Waals surface area contributed by atoms with Crippen molar-refractivity contribution in [3.63, 3.8) is 0 Å². The van der Waals surface area contributed by atoms with Gasteiger partial charge in [-0.2, -0.15) is 0 Å². The van der Waals surface area contributed by atoms with Crippen LogP contribution >= 0.6 is 11.6 Å². The highest BCUT2D eigenvalue weighted by Crippen LogP contribution is 2.13. The number of likely N-dealkylation sites (tertiary alicyclic amines) is 1. The maximum absolute atomic E-state index is 8.53. The molecule has 1 fully saturated rings. The predicted molar refractivity (Wildman–Crippen MR) is 42.4 cm³/mol. The van der Waals surface area contributed by atoms with E-state index in [0.29, 0.717) is 12.0 Å². The zero-order valence-electron chi connectivity index (χ0n) is 6.09. The van der Waals surface area contributed by atoms with E-state index in [1.807, 2.05) is 0 Å². The highest BCUT2D eigenvalue weighted by atomic mass is 35.5. The Kier molecular flexibility index (Phi) is 3.46. The summed E-state index contributed by atoms with van der Waals surface area (Å²) in [5.41, 5.74) is 0. The van der Waals surface area contributed by atoms with Crippen LogP contribution in [0, 0.1) is 0 Å². The van der Waals surface area contributed by atoms with Crippen LogP contribution in [-0.4, -0.2) is 41.6 Å². The van der Waals surface area contributed by atoms with Crippen molar-refractivity contribution in [3.05, 3.63) is 0 Å². The molecule has 1 rings (SSSR count). The number of halogens is 1. The van der Waals surface area contributed by atoms with E-state index in [9.17, 15) is 0 Å². The van der Waals surface area contributed by atoms with Crippen LogP contribution in [0.5, 0.6) is 0 Å². The Labute approximate surface area is 66.8 Å². The smallest absolute Gasteiger partial charge is 0.0475 e. The second kappa shape index (κ2) is 4.16. The van der Waals surface area contributed by atoms with Crippen LogP contribution in [0.1, 0.15) is 12.8 Å². The van der Waals surface area contributed by atoms with Crippen LogP contribution in [0.25, 0.3) is 0 Å². The van der Waals surface area contributed by atoms with E-state index in [1.165, 1.54) is 0 Å². The summed E-state index contributed by atoms with van der Waals surface area (Å²) in [5, 5.41) is 8.88. The largest absolute Gasteiger partial charge is 0.396 e. The Morgan fingerprint density at radius 1 is 1.60 bits per heavy atom. The Morgan fingerprint density at radius 3 is 2.90 bits per heavy atom. The zero-order valence-corrected chi connectivity index (χ0v) is 6.85. The zero-order chi connectivity index (χ0) is 7.40. The van der Waals surface area contributed by atoms with Gasteiger partial charge < -0.3 is 10.0 Å². The molecule has 0 amide bonds. The second-order valence-corrected chi connectivity index (χ2v) is 3.38. The third kappa shape index (κ3) is 2.45. The fourth-order valence-electron chi connectivity index (χ4n) is 1.28. The molecule has 1 N–H and O–H groups in total. The lowest BCUT2D eigenvalue weighted by Gasteiger charge is -2.12. The normalized spacial score (nSPS) is 27.6. The Hall–Kier alpha value is 0.210. The van der Waals surface area contributed by atoms with Gasteiger partial charge in [0, 0.05) is 25.1 Å². The standard InChI is InChI=1S/C7H14ClNO/c8-7-2-4-9(6-7)3-1-5-10/h7,10H,1-6H2. The van der Waals surface area contributed by atoms with Gasteiger partial charge in [-0.25, -0.2) is 0 Å². The minimum absolute atomic E-state index is 0.295. The molecule has 0 radical (unpaired) electrons. The van der Waals surface area contributed by atoms with Crippen LogP contribution in [0.3, 0.4) is 0 Å². The molecule has 1 saturated heterocycles. The van der Waals surface area contributed by atoms with Crippen LogP contribution in [0.2, 0.25) is 0 Å². The van der Waals surface area contributed by atoms with E-state index in [-0.39, 0.29) is 0 Å². The first kappa shape index (κ1) is 8.31. The van der Waals surface area contributed by atoms with E-state index in [2.05, 4.69) is 4.90 Å². The Bertz CT molecular complexity index is 99.6. The topological polar surface area (TPSA) is 23.5 Å². The Balaban J connectivity index is 2.06. The van der Waals surface area contributed by atoms with Gasteiger partial charge in [-0.15, -0.1) is 11.6 Å². The molecule has 60 valence electrons. The third-order valence-electron chi connectivity index (χ3n) is 1.85. The minimum Gasteiger partial charge on any atom is -0.396 e. The van der Waals surface area contributed by atoms with Gasteiger partial charge in [0.15, 0.2) is 0 Å². The van der Waals surface area contributed by atoms with E-state index in [1.54, 1.807) is 0 Å². The quantitative estimate of drug-likeness (QED) is 0.619. The van der Waals surface area contributed by atoms with Gasteiger partial charge in [0.1, 0.15) is 0 Å². The lowest BCUT2D eigenvalue weighted by atomic mass is 10.4. The van der Waals surface area contributed by atoms with Gasteiger partial charge in [-0.3, -0.25) is 0 Å². The second-order valence-electron chi connectivity index (χ2n) is 2.76. The van der Waals surface area contributed by atoms with Crippen molar-refractivity contribution < 1.29 is 5.11 Å². The number of aliphatic hydroxyl groups is 1. The first-order valence-corrected chi connectivity index (χ1v) is 4.24. The van der Waals surface area contributed by atoms with Gasteiger partial charge in [0.25, 0.3) is 0 Å². The molecule has 0 saturated carbocycles. The SMILES string of the molecule is OCCCN1CCC(Cl)C1. The monoisotopic (exact) mass is 163 g/mol. The molecule has 10 heavy (non-hydrogen) atoms. The van der Waals surface area contributed by atoms with Gasteiger partial charge in [-0.1, -0.05) is 0 Å². The van der Waals surface area contributed by atoms with E-state index in [0.717, 1.165) is 32.5 Å². The average molecular weight is 164 g/mol. The minimum atomic E-state index is 0.295. The van der Waals surface area contributed by atoms with E-state index in [4.69, 9.17) is 16.7 Å². The van der Waals surface area contributed by atoms with Crippen LogP contribution < -0.4 is 0 Å². The molecule has 2 nitrogen and oxygen atoms in total. The van der Waals surface area contributed by atoms with Crippen molar-refractivity contribution in [2.24, 2.45) is 0 Å². The van der Waals surface area contributed by atoms with Crippen molar-refractivity contribution in [1.29, 1.82) is 0 Å². The molecule has 1 unspecified atom stereocenters. The third-order valence-corrected chi connectivity index (χ3v) is 2.20. The number of hydrogen-bond acceptors (Lipinski definition) is 2. The summed E-state index contributed by atoms with van der Waals surface area (Å²) in [4.78, 5) is 2.30. The molecule has 0 aromatic rings. The summed E-state index contributed by atoms with van der Waals surface area (Å²) in [5.74, 6) is 0. The van der Waals surface area contributed by atoms with Crippen molar-refractivity contribution in [2.45, 2.75) is 18.2 Å². The molecule has 1 aliphatic heterocycles. The van der Waals surface area contributed by atoms with Crippen molar-refractivity contribution in [1.82, 2.24) is 4.90 Å². The van der Waals surface area contributed by atoms with Gasteiger partial charge in [0.2, 0.25) is 0 Å². The molecule has 0 bridgehead atoms. The van der Waals surface area contributed by atoms with Crippen molar-refractivity contribution in [3.8, 4) is 0 Å². The Morgan fingerprint density at radius 2 is 2.40 bits per heavy atom. The van der Waals surface area contributed by atoms with Crippen molar-refractivity contribution >= 4 is 11.6 Å². The maximum atomic E-state index is 8.53. The number of rotatable bonds is 3. The summed E-state index contributed by atoms with van der Waals surface area (Å²) in [6.45, 7) is 3.40. The highest BCUT2D eigenvalue weighted by molar-refractivity contribution is 6.20. The molecule has 3 heteroatoms. The first-order chi connectivity index (χ1) is 4.83. The molecular formula is C7H14ClNO. The number of alkyl halides is 1. The fourth-order valence-corrected chi connectivity index (χ4v) is 1.58. The molecule has 0 spiro atoms. The average Bonchev–Trinajstić information content (AvgIpc) is 2.31. The predicted octanol–water partition coefficient (Wildman–Crippen LogP) is 0.682. The molecule has 1 atom stereocenters. The number of nitrogens with zero attached hydrogens (tertiary/aromatic N) is 1. The summed E-state index contributed by atoms with van der Waals surface area (Å²) < 4.78 is 0. The molecule has 0 aromatic carbocycles. The molecule has 1 heterocycles. The lowest BCUT2D eigenvalue weighted by molar-refractivity contribution is 0.248. The van der Waals surface area contributed by atoms with Crippen LogP contribution in [0.4, 0.5) is 0 Å². The number of aliphatic hydroxyl groups excluding tert-OH is 1.